The third-order valence-corrected chi connectivity index (χ3v) is 7.12. The number of hydrogen-bond acceptors (Lipinski definition) is 5. The lowest BCUT2D eigenvalue weighted by Gasteiger charge is -2.21. The van der Waals surface area contributed by atoms with Crippen LogP contribution in [0.2, 0.25) is 0 Å². The molecule has 3 heterocycles. The van der Waals surface area contributed by atoms with Crippen LogP contribution in [-0.2, 0) is 17.7 Å². The van der Waals surface area contributed by atoms with Crippen LogP contribution in [0.4, 0.5) is 0 Å². The van der Waals surface area contributed by atoms with Crippen molar-refractivity contribution in [3.8, 4) is 0 Å². The van der Waals surface area contributed by atoms with Crippen LogP contribution >= 0.6 is 0 Å². The molecule has 0 radical (unpaired) electrons. The lowest BCUT2D eigenvalue weighted by atomic mass is 9.96. The van der Waals surface area contributed by atoms with Crippen molar-refractivity contribution >= 4 is 11.8 Å². The Morgan fingerprint density at radius 2 is 1.64 bits per heavy atom. The van der Waals surface area contributed by atoms with Crippen molar-refractivity contribution in [1.29, 1.82) is 0 Å². The number of nitrogens with zero attached hydrogens (tertiary/aromatic N) is 2. The van der Waals surface area contributed by atoms with Crippen LogP contribution in [0.3, 0.4) is 0 Å². The first-order valence-electron chi connectivity index (χ1n) is 13.4. The predicted molar refractivity (Wildman–Crippen MR) is 138 cm³/mol. The van der Waals surface area contributed by atoms with E-state index in [2.05, 4.69) is 15.6 Å². The molecule has 1 saturated heterocycles. The van der Waals surface area contributed by atoms with E-state index in [0.717, 1.165) is 56.9 Å². The summed E-state index contributed by atoms with van der Waals surface area (Å²) in [5.41, 5.74) is 0.654. The van der Waals surface area contributed by atoms with Crippen LogP contribution in [0.25, 0.3) is 0 Å². The Hall–Kier alpha value is -3.00. The highest BCUT2D eigenvalue weighted by Crippen LogP contribution is 2.18. The van der Waals surface area contributed by atoms with Crippen molar-refractivity contribution in [2.24, 2.45) is 0 Å². The fourth-order valence-corrected chi connectivity index (χ4v) is 5.09. The highest BCUT2D eigenvalue weighted by atomic mass is 16.5. The SMILES string of the molecule is O=C(NCCCc1ccncc1)c1cn(C[C@H]2CCCO2)cc(C(=O)NC2CCCCCCC2)c1=O. The van der Waals surface area contributed by atoms with Gasteiger partial charge in [-0.05, 0) is 56.2 Å². The summed E-state index contributed by atoms with van der Waals surface area (Å²) >= 11 is 0. The molecule has 8 nitrogen and oxygen atoms in total. The Balaban J connectivity index is 1.47. The van der Waals surface area contributed by atoms with Gasteiger partial charge in [0.2, 0.25) is 5.43 Å². The van der Waals surface area contributed by atoms with Crippen molar-refractivity contribution in [2.45, 2.75) is 89.3 Å². The summed E-state index contributed by atoms with van der Waals surface area (Å²) in [5, 5.41) is 5.94. The minimum absolute atomic E-state index is 0.00206. The molecule has 1 saturated carbocycles. The monoisotopic (exact) mass is 494 g/mol. The first-order valence-corrected chi connectivity index (χ1v) is 13.4. The van der Waals surface area contributed by atoms with Gasteiger partial charge in [-0.15, -0.1) is 0 Å². The standard InChI is InChI=1S/C28H38N4O4/c33-26-24(27(34)30-14-6-8-21-12-15-29-16-13-21)19-32(18-23-11-7-17-36-23)20-25(26)28(35)31-22-9-4-2-1-3-5-10-22/h12-13,15-16,19-20,22-23H,1-11,14,17-18H2,(H,30,34)(H,31,35)/t23-/m1/s1. The molecule has 0 spiro atoms. The third kappa shape index (κ3) is 7.50. The summed E-state index contributed by atoms with van der Waals surface area (Å²) in [6.45, 7) is 1.65. The lowest BCUT2D eigenvalue weighted by molar-refractivity contribution is 0.0914. The van der Waals surface area contributed by atoms with Gasteiger partial charge in [0.15, 0.2) is 0 Å². The highest BCUT2D eigenvalue weighted by molar-refractivity contribution is 5.99. The van der Waals surface area contributed by atoms with Crippen LogP contribution in [0.5, 0.6) is 0 Å². The van der Waals surface area contributed by atoms with E-state index in [1.807, 2.05) is 12.1 Å². The van der Waals surface area contributed by atoms with Crippen LogP contribution in [0, 0.1) is 0 Å². The fourth-order valence-electron chi connectivity index (χ4n) is 5.09. The largest absolute Gasteiger partial charge is 0.376 e. The maximum absolute atomic E-state index is 13.3. The minimum atomic E-state index is -0.520. The van der Waals surface area contributed by atoms with Crippen molar-refractivity contribution in [3.63, 3.8) is 0 Å². The Labute approximate surface area is 212 Å². The summed E-state index contributed by atoms with van der Waals surface area (Å²) in [6.07, 6.45) is 17.7. The van der Waals surface area contributed by atoms with E-state index in [0.29, 0.717) is 19.7 Å². The second-order valence-electron chi connectivity index (χ2n) is 9.98. The van der Waals surface area contributed by atoms with Gasteiger partial charge < -0.3 is 19.9 Å². The zero-order chi connectivity index (χ0) is 25.2. The van der Waals surface area contributed by atoms with Crippen molar-refractivity contribution in [2.75, 3.05) is 13.2 Å². The molecule has 2 aliphatic rings. The predicted octanol–water partition coefficient (Wildman–Crippen LogP) is 3.63. The summed E-state index contributed by atoms with van der Waals surface area (Å²) in [7, 11) is 0. The van der Waals surface area contributed by atoms with Gasteiger partial charge >= 0.3 is 0 Å². The van der Waals surface area contributed by atoms with Crippen molar-refractivity contribution in [1.82, 2.24) is 20.2 Å². The van der Waals surface area contributed by atoms with Gasteiger partial charge in [-0.1, -0.05) is 32.1 Å². The molecule has 2 N–H and O–H groups in total. The molecule has 8 heteroatoms. The molecule has 1 aliphatic heterocycles. The Morgan fingerprint density at radius 1 is 0.944 bits per heavy atom. The third-order valence-electron chi connectivity index (χ3n) is 7.12. The van der Waals surface area contributed by atoms with E-state index in [-0.39, 0.29) is 29.2 Å². The number of ether oxygens (including phenoxy) is 1. The van der Waals surface area contributed by atoms with E-state index in [1.165, 1.54) is 19.3 Å². The molecule has 0 unspecified atom stereocenters. The van der Waals surface area contributed by atoms with Gasteiger partial charge in [-0.25, -0.2) is 0 Å². The summed E-state index contributed by atoms with van der Waals surface area (Å²) < 4.78 is 7.53. The molecule has 1 aliphatic carbocycles. The van der Waals surface area contributed by atoms with Gasteiger partial charge in [0.05, 0.1) is 6.10 Å². The minimum Gasteiger partial charge on any atom is -0.376 e. The number of carbonyl (C=O) groups excluding carboxylic acids is 2. The fraction of sp³-hybridized carbons (Fsp3) is 0.571. The molecule has 1 atom stereocenters. The second kappa shape index (κ2) is 13.3. The number of hydrogen-bond donors (Lipinski definition) is 2. The van der Waals surface area contributed by atoms with E-state index in [1.54, 1.807) is 29.4 Å². The summed E-state index contributed by atoms with van der Waals surface area (Å²) in [4.78, 5) is 43.5. The molecule has 2 aromatic rings. The first-order chi connectivity index (χ1) is 17.6. The Bertz CT molecular complexity index is 1050. The smallest absolute Gasteiger partial charge is 0.256 e. The van der Waals surface area contributed by atoms with Crippen LogP contribution in [0.15, 0.2) is 41.7 Å². The number of aryl methyl sites for hydroxylation is 1. The highest BCUT2D eigenvalue weighted by Gasteiger charge is 2.23. The molecule has 2 amide bonds. The number of carbonyl (C=O) groups is 2. The molecule has 194 valence electrons. The van der Waals surface area contributed by atoms with Gasteiger partial charge in [0.25, 0.3) is 11.8 Å². The zero-order valence-electron chi connectivity index (χ0n) is 21.0. The molecular weight excluding hydrogens is 456 g/mol. The Morgan fingerprint density at radius 3 is 2.33 bits per heavy atom. The summed E-state index contributed by atoms with van der Waals surface area (Å²) in [5.74, 6) is -0.838. The number of nitrogens with one attached hydrogen (secondary N) is 2. The number of amides is 2. The average molecular weight is 495 g/mol. The van der Waals surface area contributed by atoms with Gasteiger partial charge in [-0.2, -0.15) is 0 Å². The van der Waals surface area contributed by atoms with E-state index < -0.39 is 11.3 Å². The van der Waals surface area contributed by atoms with E-state index in [9.17, 15) is 14.4 Å². The summed E-state index contributed by atoms with van der Waals surface area (Å²) in [6, 6.07) is 3.96. The van der Waals surface area contributed by atoms with E-state index >= 15 is 0 Å². The van der Waals surface area contributed by atoms with Gasteiger partial charge in [-0.3, -0.25) is 19.4 Å². The molecule has 2 fully saturated rings. The lowest BCUT2D eigenvalue weighted by Crippen LogP contribution is -2.40. The quantitative estimate of drug-likeness (QED) is 0.519. The molecule has 0 aromatic carbocycles. The van der Waals surface area contributed by atoms with Gasteiger partial charge in [0.1, 0.15) is 11.1 Å². The molecule has 4 rings (SSSR count). The zero-order valence-corrected chi connectivity index (χ0v) is 21.0. The van der Waals surface area contributed by atoms with E-state index in [4.69, 9.17) is 4.74 Å². The number of rotatable bonds is 9. The molecule has 0 bridgehead atoms. The van der Waals surface area contributed by atoms with Crippen LogP contribution in [0.1, 0.15) is 90.5 Å². The van der Waals surface area contributed by atoms with Crippen molar-refractivity contribution < 1.29 is 14.3 Å². The first kappa shape index (κ1) is 26.1. The number of aromatic nitrogens is 2. The molecule has 36 heavy (non-hydrogen) atoms. The Kier molecular flexibility index (Phi) is 9.67. The van der Waals surface area contributed by atoms with Crippen molar-refractivity contribution in [3.05, 3.63) is 63.8 Å². The topological polar surface area (TPSA) is 102 Å². The maximum atomic E-state index is 13.3. The molecular formula is C28H38N4O4. The second-order valence-corrected chi connectivity index (χ2v) is 9.98. The van der Waals surface area contributed by atoms with Crippen LogP contribution < -0.4 is 16.1 Å². The normalized spacial score (nSPS) is 18.8. The molecule has 2 aromatic heterocycles. The van der Waals surface area contributed by atoms with Crippen LogP contribution in [-0.4, -0.2) is 46.7 Å². The number of pyridine rings is 2. The van der Waals surface area contributed by atoms with Gasteiger partial charge in [0, 0.05) is 50.5 Å². The maximum Gasteiger partial charge on any atom is 0.256 e. The average Bonchev–Trinajstić information content (AvgIpc) is 3.38.